The smallest absolute Gasteiger partial charge is 0.550 e. The number of hydrogen-bond acceptors (Lipinski definition) is 4. The topological polar surface area (TPSA) is 86.3 Å². The van der Waals surface area contributed by atoms with Crippen molar-refractivity contribution in [3.63, 3.8) is 0 Å². The van der Waals surface area contributed by atoms with Crippen molar-refractivity contribution >= 4 is 23.3 Å². The fraction of sp³-hybridized carbons (Fsp3) is 0.250. The van der Waals surface area contributed by atoms with Crippen LogP contribution >= 0.6 is 0 Å². The molecule has 26 heavy (non-hydrogen) atoms. The minimum atomic E-state index is -1.25. The largest absolute Gasteiger partial charge is 1.00 e. The average Bonchev–Trinajstić information content (AvgIpc) is 2.62. The molecule has 1 atom stereocenters. The van der Waals surface area contributed by atoms with Crippen molar-refractivity contribution < 1.29 is 49.0 Å². The molecule has 0 radical (unpaired) electrons. The molecule has 2 rings (SSSR count). The maximum atomic E-state index is 12.1. The van der Waals surface area contributed by atoms with Crippen LogP contribution in [-0.2, 0) is 16.0 Å². The summed E-state index contributed by atoms with van der Waals surface area (Å²) >= 11 is 0. The van der Waals surface area contributed by atoms with Crippen LogP contribution in [0, 0.1) is 5.92 Å². The van der Waals surface area contributed by atoms with Crippen molar-refractivity contribution in [2.45, 2.75) is 26.2 Å². The SMILES string of the molecule is CCC(=O)c1ccc(NC(=O)CC(Cc2ccccc2)C(=O)[O-])cc1.[Na+]. The van der Waals surface area contributed by atoms with Gasteiger partial charge in [-0.15, -0.1) is 0 Å². The van der Waals surface area contributed by atoms with E-state index in [9.17, 15) is 19.5 Å². The van der Waals surface area contributed by atoms with Gasteiger partial charge in [-0.05, 0) is 36.2 Å². The molecule has 6 heteroatoms. The van der Waals surface area contributed by atoms with E-state index >= 15 is 0 Å². The van der Waals surface area contributed by atoms with Gasteiger partial charge in [0, 0.05) is 36.0 Å². The number of carbonyl (C=O) groups is 3. The van der Waals surface area contributed by atoms with Gasteiger partial charge in [-0.25, -0.2) is 0 Å². The summed E-state index contributed by atoms with van der Waals surface area (Å²) in [6, 6.07) is 15.7. The zero-order valence-corrected chi connectivity index (χ0v) is 17.0. The molecule has 1 amide bonds. The third kappa shape index (κ3) is 6.75. The van der Waals surface area contributed by atoms with Crippen LogP contribution in [0.15, 0.2) is 54.6 Å². The van der Waals surface area contributed by atoms with Gasteiger partial charge >= 0.3 is 29.6 Å². The summed E-state index contributed by atoms with van der Waals surface area (Å²) in [4.78, 5) is 35.0. The number of nitrogens with one attached hydrogen (secondary N) is 1. The Labute approximate surface area is 175 Å². The number of benzene rings is 2. The Morgan fingerprint density at radius 1 is 1.00 bits per heavy atom. The second kappa shape index (κ2) is 10.9. The Bertz CT molecular complexity index is 744. The first kappa shape index (κ1) is 22.1. The van der Waals surface area contributed by atoms with Crippen LogP contribution in [0.1, 0.15) is 35.7 Å². The molecular weight excluding hydrogens is 341 g/mol. The number of rotatable bonds is 8. The Kier molecular flexibility index (Phi) is 9.27. The predicted octanol–water partition coefficient (Wildman–Crippen LogP) is -0.779. The minimum absolute atomic E-state index is 0. The predicted molar refractivity (Wildman–Crippen MR) is 93.0 cm³/mol. The van der Waals surface area contributed by atoms with Crippen molar-refractivity contribution in [2.75, 3.05) is 5.32 Å². The van der Waals surface area contributed by atoms with Gasteiger partial charge in [-0.3, -0.25) is 9.59 Å². The molecule has 2 aromatic carbocycles. The number of aliphatic carboxylic acids is 1. The van der Waals surface area contributed by atoms with E-state index in [1.807, 2.05) is 30.3 Å². The van der Waals surface area contributed by atoms with E-state index in [2.05, 4.69) is 5.32 Å². The third-order valence-electron chi connectivity index (χ3n) is 3.90. The Balaban J connectivity index is 0.00000338. The summed E-state index contributed by atoms with van der Waals surface area (Å²) in [5.74, 6) is -2.52. The summed E-state index contributed by atoms with van der Waals surface area (Å²) < 4.78 is 0. The van der Waals surface area contributed by atoms with Gasteiger partial charge in [0.15, 0.2) is 5.78 Å². The molecule has 0 saturated heterocycles. The quantitative estimate of drug-likeness (QED) is 0.494. The van der Waals surface area contributed by atoms with Crippen LogP contribution in [0.2, 0.25) is 0 Å². The van der Waals surface area contributed by atoms with Crippen LogP contribution in [0.4, 0.5) is 5.69 Å². The van der Waals surface area contributed by atoms with E-state index in [-0.39, 0.29) is 48.2 Å². The van der Waals surface area contributed by atoms with Crippen molar-refractivity contribution in [1.29, 1.82) is 0 Å². The van der Waals surface area contributed by atoms with Gasteiger partial charge in [0.05, 0.1) is 0 Å². The van der Waals surface area contributed by atoms with Crippen LogP contribution in [0.5, 0.6) is 0 Å². The van der Waals surface area contributed by atoms with E-state index in [4.69, 9.17) is 0 Å². The maximum Gasteiger partial charge on any atom is 1.00 e. The summed E-state index contributed by atoms with van der Waals surface area (Å²) in [6.45, 7) is 1.78. The number of amides is 1. The molecule has 130 valence electrons. The van der Waals surface area contributed by atoms with Crippen molar-refractivity contribution in [3.05, 3.63) is 65.7 Å². The van der Waals surface area contributed by atoms with Gasteiger partial charge in [-0.1, -0.05) is 37.3 Å². The molecule has 0 fully saturated rings. The van der Waals surface area contributed by atoms with Gasteiger partial charge in [0.1, 0.15) is 0 Å². The molecule has 0 aromatic heterocycles. The fourth-order valence-electron chi connectivity index (χ4n) is 2.52. The third-order valence-corrected chi connectivity index (χ3v) is 3.90. The maximum absolute atomic E-state index is 12.1. The fourth-order valence-corrected chi connectivity index (χ4v) is 2.52. The number of anilines is 1. The first-order valence-corrected chi connectivity index (χ1v) is 8.17. The van der Waals surface area contributed by atoms with Crippen LogP contribution < -0.4 is 40.0 Å². The van der Waals surface area contributed by atoms with Gasteiger partial charge in [-0.2, -0.15) is 0 Å². The number of Topliss-reactive ketones (excluding diaryl/α,β-unsaturated/α-hetero) is 1. The molecule has 0 aliphatic carbocycles. The van der Waals surface area contributed by atoms with E-state index in [0.29, 0.717) is 17.7 Å². The molecule has 0 aliphatic heterocycles. The standard InChI is InChI=1S/C20H21NO4.Na/c1-2-18(22)15-8-10-17(11-9-15)21-19(23)13-16(20(24)25)12-14-6-4-3-5-7-14;/h3-11,16H,2,12-13H2,1H3,(H,21,23)(H,24,25);/q;+1/p-1. The molecule has 1 unspecified atom stereocenters. The van der Waals surface area contributed by atoms with Crippen molar-refractivity contribution in [2.24, 2.45) is 5.92 Å². The molecule has 0 bridgehead atoms. The number of carboxylic acids is 1. The first-order valence-electron chi connectivity index (χ1n) is 8.17. The monoisotopic (exact) mass is 361 g/mol. The van der Waals surface area contributed by atoms with Gasteiger partial charge in [0.25, 0.3) is 0 Å². The van der Waals surface area contributed by atoms with E-state index in [1.54, 1.807) is 31.2 Å². The Morgan fingerprint density at radius 3 is 2.15 bits per heavy atom. The number of carboxylic acid groups (broad SMARTS) is 1. The summed E-state index contributed by atoms with van der Waals surface area (Å²) in [5.41, 5.74) is 1.94. The van der Waals surface area contributed by atoms with Crippen LogP contribution in [0.25, 0.3) is 0 Å². The summed E-state index contributed by atoms with van der Waals surface area (Å²) in [7, 11) is 0. The number of hydrogen-bond donors (Lipinski definition) is 1. The molecular formula is C20H20NNaO4. The summed E-state index contributed by atoms with van der Waals surface area (Å²) in [5, 5.41) is 14.0. The molecule has 0 heterocycles. The van der Waals surface area contributed by atoms with Crippen molar-refractivity contribution in [1.82, 2.24) is 0 Å². The zero-order valence-electron chi connectivity index (χ0n) is 15.0. The molecule has 0 saturated carbocycles. The zero-order chi connectivity index (χ0) is 18.2. The van der Waals surface area contributed by atoms with E-state index in [0.717, 1.165) is 5.56 Å². The number of carbonyl (C=O) groups excluding carboxylic acids is 3. The van der Waals surface area contributed by atoms with E-state index < -0.39 is 17.8 Å². The molecule has 0 spiro atoms. The summed E-state index contributed by atoms with van der Waals surface area (Å²) in [6.07, 6.45) is 0.478. The van der Waals surface area contributed by atoms with Gasteiger partial charge < -0.3 is 15.2 Å². The molecule has 2 aromatic rings. The molecule has 1 N–H and O–H groups in total. The van der Waals surface area contributed by atoms with Crippen LogP contribution in [-0.4, -0.2) is 17.7 Å². The molecule has 0 aliphatic rings. The second-order valence-electron chi connectivity index (χ2n) is 5.81. The minimum Gasteiger partial charge on any atom is -0.550 e. The molecule has 5 nitrogen and oxygen atoms in total. The Morgan fingerprint density at radius 2 is 1.62 bits per heavy atom. The average molecular weight is 361 g/mol. The van der Waals surface area contributed by atoms with Crippen LogP contribution in [0.3, 0.4) is 0 Å². The van der Waals surface area contributed by atoms with Gasteiger partial charge in [0.2, 0.25) is 5.91 Å². The Hall–Kier alpha value is -1.95. The first-order chi connectivity index (χ1) is 12.0. The number of ketones is 1. The second-order valence-corrected chi connectivity index (χ2v) is 5.81. The van der Waals surface area contributed by atoms with Crippen molar-refractivity contribution in [3.8, 4) is 0 Å². The van der Waals surface area contributed by atoms with E-state index in [1.165, 1.54) is 0 Å². The normalized spacial score (nSPS) is 11.1.